The molecule has 11 heavy (non-hydrogen) atoms. The minimum absolute atomic E-state index is 0.0162. The SMILES string of the molecule is c1[nH]nnc1C1C[N]CCO1. The molecule has 0 aromatic carbocycles. The van der Waals surface area contributed by atoms with Gasteiger partial charge in [-0.05, 0) is 0 Å². The predicted octanol–water partition coefficient (Wildman–Crippen LogP) is -0.520. The molecule has 1 fully saturated rings. The van der Waals surface area contributed by atoms with Crippen LogP contribution in [0.2, 0.25) is 0 Å². The molecular weight excluding hydrogens is 144 g/mol. The molecule has 1 radical (unpaired) electrons. The lowest BCUT2D eigenvalue weighted by Gasteiger charge is -2.19. The van der Waals surface area contributed by atoms with Gasteiger partial charge in [0.2, 0.25) is 0 Å². The maximum atomic E-state index is 5.41. The van der Waals surface area contributed by atoms with E-state index >= 15 is 0 Å². The molecule has 1 atom stereocenters. The molecule has 2 heterocycles. The van der Waals surface area contributed by atoms with Gasteiger partial charge in [0.15, 0.2) is 0 Å². The van der Waals surface area contributed by atoms with Crippen LogP contribution in [-0.2, 0) is 4.74 Å². The second-order valence-electron chi connectivity index (χ2n) is 2.39. The third kappa shape index (κ3) is 1.38. The fourth-order valence-corrected chi connectivity index (χ4v) is 1.07. The minimum atomic E-state index is 0.0162. The van der Waals surface area contributed by atoms with Gasteiger partial charge in [0.1, 0.15) is 11.8 Å². The minimum Gasteiger partial charge on any atom is -0.369 e. The summed E-state index contributed by atoms with van der Waals surface area (Å²) in [5, 5.41) is 14.3. The van der Waals surface area contributed by atoms with E-state index in [1.165, 1.54) is 0 Å². The van der Waals surface area contributed by atoms with Crippen LogP contribution in [0.4, 0.5) is 0 Å². The maximum Gasteiger partial charge on any atom is 0.117 e. The molecule has 2 rings (SSSR count). The van der Waals surface area contributed by atoms with Crippen LogP contribution in [0.15, 0.2) is 6.20 Å². The molecule has 0 bridgehead atoms. The maximum absolute atomic E-state index is 5.41. The van der Waals surface area contributed by atoms with E-state index in [0.29, 0.717) is 13.2 Å². The molecule has 1 N–H and O–H groups in total. The number of H-pyrrole nitrogens is 1. The van der Waals surface area contributed by atoms with Gasteiger partial charge in [-0.2, -0.15) is 0 Å². The van der Waals surface area contributed by atoms with Crippen LogP contribution in [0.1, 0.15) is 11.8 Å². The lowest BCUT2D eigenvalue weighted by molar-refractivity contribution is 0.0234. The van der Waals surface area contributed by atoms with Gasteiger partial charge in [0.05, 0.1) is 6.61 Å². The molecule has 0 saturated carbocycles. The summed E-state index contributed by atoms with van der Waals surface area (Å²) < 4.78 is 5.41. The summed E-state index contributed by atoms with van der Waals surface area (Å²) in [7, 11) is 0. The van der Waals surface area contributed by atoms with Crippen molar-refractivity contribution < 1.29 is 4.74 Å². The third-order valence-corrected chi connectivity index (χ3v) is 1.63. The van der Waals surface area contributed by atoms with Crippen molar-refractivity contribution in [2.45, 2.75) is 6.10 Å². The molecule has 0 spiro atoms. The van der Waals surface area contributed by atoms with Crippen molar-refractivity contribution >= 4 is 0 Å². The first kappa shape index (κ1) is 6.75. The number of nitrogens with one attached hydrogen (secondary N) is 1. The molecule has 5 nitrogen and oxygen atoms in total. The molecule has 1 unspecified atom stereocenters. The lowest BCUT2D eigenvalue weighted by Crippen LogP contribution is -2.28. The Morgan fingerprint density at radius 1 is 1.64 bits per heavy atom. The van der Waals surface area contributed by atoms with Gasteiger partial charge >= 0.3 is 0 Å². The van der Waals surface area contributed by atoms with Gasteiger partial charge < -0.3 is 4.74 Å². The van der Waals surface area contributed by atoms with Crippen molar-refractivity contribution in [3.8, 4) is 0 Å². The van der Waals surface area contributed by atoms with Crippen LogP contribution in [0.5, 0.6) is 0 Å². The molecule has 1 aliphatic rings. The second kappa shape index (κ2) is 2.98. The molecule has 5 heteroatoms. The highest BCUT2D eigenvalue weighted by Gasteiger charge is 2.18. The van der Waals surface area contributed by atoms with E-state index in [0.717, 1.165) is 12.2 Å². The van der Waals surface area contributed by atoms with E-state index in [9.17, 15) is 0 Å². The molecule has 1 aromatic rings. The fraction of sp³-hybridized carbons (Fsp3) is 0.667. The monoisotopic (exact) mass is 153 g/mol. The van der Waals surface area contributed by atoms with Crippen LogP contribution >= 0.6 is 0 Å². The van der Waals surface area contributed by atoms with Gasteiger partial charge in [0.25, 0.3) is 0 Å². The Bertz CT molecular complexity index is 204. The van der Waals surface area contributed by atoms with E-state index in [1.54, 1.807) is 6.20 Å². The summed E-state index contributed by atoms with van der Waals surface area (Å²) in [6, 6.07) is 0. The normalized spacial score (nSPS) is 25.3. The van der Waals surface area contributed by atoms with Gasteiger partial charge in [-0.25, -0.2) is 5.32 Å². The van der Waals surface area contributed by atoms with E-state index in [4.69, 9.17) is 4.74 Å². The molecular formula is C6H9N4O. The van der Waals surface area contributed by atoms with Crippen molar-refractivity contribution in [3.05, 3.63) is 11.9 Å². The van der Waals surface area contributed by atoms with Crippen molar-refractivity contribution in [3.63, 3.8) is 0 Å². The summed E-state index contributed by atoms with van der Waals surface area (Å²) in [6.07, 6.45) is 1.76. The van der Waals surface area contributed by atoms with Gasteiger partial charge in [-0.1, -0.05) is 5.21 Å². The summed E-state index contributed by atoms with van der Waals surface area (Å²) in [5.41, 5.74) is 0.841. The molecule has 1 aliphatic heterocycles. The van der Waals surface area contributed by atoms with E-state index in [2.05, 4.69) is 20.7 Å². The molecule has 1 aromatic heterocycles. The number of hydrogen-bond acceptors (Lipinski definition) is 3. The van der Waals surface area contributed by atoms with Crippen LogP contribution in [0.3, 0.4) is 0 Å². The third-order valence-electron chi connectivity index (χ3n) is 1.63. The Morgan fingerprint density at radius 3 is 3.27 bits per heavy atom. The number of morpholine rings is 1. The van der Waals surface area contributed by atoms with E-state index in [1.807, 2.05) is 0 Å². The number of rotatable bonds is 1. The standard InChI is InChI=1S/C6H9N4O/c1-2-11-6(4-7-1)5-3-8-10-9-5/h3,6H,1-2,4H2,(H,8,9,10). The average molecular weight is 153 g/mol. The zero-order valence-corrected chi connectivity index (χ0v) is 6.03. The highest BCUT2D eigenvalue weighted by atomic mass is 16.5. The van der Waals surface area contributed by atoms with Crippen LogP contribution in [-0.4, -0.2) is 35.1 Å². The largest absolute Gasteiger partial charge is 0.369 e. The first-order valence-corrected chi connectivity index (χ1v) is 3.58. The van der Waals surface area contributed by atoms with Crippen LogP contribution in [0, 0.1) is 0 Å². The smallest absolute Gasteiger partial charge is 0.117 e. The van der Waals surface area contributed by atoms with Gasteiger partial charge in [-0.15, -0.1) is 5.10 Å². The Kier molecular flexibility index (Phi) is 1.83. The zero-order chi connectivity index (χ0) is 7.52. The predicted molar refractivity (Wildman–Crippen MR) is 36.9 cm³/mol. The number of nitrogens with zero attached hydrogens (tertiary/aromatic N) is 3. The Hall–Kier alpha value is -0.940. The molecule has 0 aliphatic carbocycles. The first-order valence-electron chi connectivity index (χ1n) is 3.58. The number of ether oxygens (including phenoxy) is 1. The quantitative estimate of drug-likeness (QED) is 0.590. The zero-order valence-electron chi connectivity index (χ0n) is 6.03. The summed E-state index contributed by atoms with van der Waals surface area (Å²) in [5.74, 6) is 0. The number of hydrogen-bond donors (Lipinski definition) is 1. The second-order valence-corrected chi connectivity index (χ2v) is 2.39. The number of aromatic amines is 1. The average Bonchev–Trinajstić information content (AvgIpc) is 2.58. The van der Waals surface area contributed by atoms with Crippen molar-refractivity contribution in [2.24, 2.45) is 0 Å². The Balaban J connectivity index is 2.04. The van der Waals surface area contributed by atoms with Crippen molar-refractivity contribution in [1.82, 2.24) is 20.7 Å². The Morgan fingerprint density at radius 2 is 2.64 bits per heavy atom. The van der Waals surface area contributed by atoms with E-state index in [-0.39, 0.29) is 6.10 Å². The van der Waals surface area contributed by atoms with Gasteiger partial charge in [0, 0.05) is 19.3 Å². The van der Waals surface area contributed by atoms with E-state index < -0.39 is 0 Å². The highest BCUT2D eigenvalue weighted by molar-refractivity contribution is 4.98. The summed E-state index contributed by atoms with van der Waals surface area (Å²) in [6.45, 7) is 2.19. The summed E-state index contributed by atoms with van der Waals surface area (Å²) >= 11 is 0. The molecule has 0 amide bonds. The first-order chi connectivity index (χ1) is 5.47. The highest BCUT2D eigenvalue weighted by Crippen LogP contribution is 2.14. The lowest BCUT2D eigenvalue weighted by atomic mass is 10.2. The van der Waals surface area contributed by atoms with Crippen LogP contribution < -0.4 is 5.32 Å². The number of aromatic nitrogens is 3. The summed E-state index contributed by atoms with van der Waals surface area (Å²) in [4.78, 5) is 0. The van der Waals surface area contributed by atoms with Gasteiger partial charge in [-0.3, -0.25) is 5.10 Å². The Labute approximate surface area is 64.1 Å². The van der Waals surface area contributed by atoms with Crippen molar-refractivity contribution in [1.29, 1.82) is 0 Å². The fourth-order valence-electron chi connectivity index (χ4n) is 1.07. The molecule has 1 saturated heterocycles. The van der Waals surface area contributed by atoms with Crippen molar-refractivity contribution in [2.75, 3.05) is 19.7 Å². The molecule has 59 valence electrons. The van der Waals surface area contributed by atoms with Crippen LogP contribution in [0.25, 0.3) is 0 Å². The topological polar surface area (TPSA) is 64.9 Å².